The molecule has 2 heterocycles. The molecule has 8 heteroatoms. The molecule has 6 atom stereocenters. The Morgan fingerprint density at radius 1 is 0.837 bits per heavy atom. The molecule has 1 saturated heterocycles. The third-order valence-corrected chi connectivity index (χ3v) is 15.3. The van der Waals surface area contributed by atoms with E-state index in [1.807, 2.05) is 0 Å². The van der Waals surface area contributed by atoms with Crippen molar-refractivity contribution in [2.45, 2.75) is 167 Å². The fraction of sp³-hybridized carbons (Fsp3) is 0.829. The molecule has 4 aliphatic rings. The Balaban J connectivity index is 1.55. The van der Waals surface area contributed by atoms with E-state index in [0.29, 0.717) is 29.2 Å². The summed E-state index contributed by atoms with van der Waals surface area (Å²) in [7, 11) is -1.43. The minimum absolute atomic E-state index is 0.0565. The van der Waals surface area contributed by atoms with Gasteiger partial charge in [0.1, 0.15) is 16.4 Å². The minimum Gasteiger partial charge on any atom is -0.371 e. The summed E-state index contributed by atoms with van der Waals surface area (Å²) in [4.78, 5) is 7.63. The van der Waals surface area contributed by atoms with Crippen molar-refractivity contribution in [3.05, 3.63) is 36.1 Å². The Morgan fingerprint density at radius 2 is 1.53 bits per heavy atom. The Hall–Kier alpha value is -1.09. The summed E-state index contributed by atoms with van der Waals surface area (Å²) in [6.07, 6.45) is 31.9. The molecule has 280 valence electrons. The van der Waals surface area contributed by atoms with Crippen LogP contribution in [0, 0.1) is 22.7 Å². The van der Waals surface area contributed by atoms with E-state index in [1.54, 1.807) is 7.11 Å². The molecule has 0 radical (unpaired) electrons. The zero-order chi connectivity index (χ0) is 35.7. The molecule has 0 aromatic rings. The fourth-order valence-corrected chi connectivity index (χ4v) is 11.7. The highest BCUT2D eigenvalue weighted by atomic mass is 32.2. The molecule has 0 aromatic heterocycles. The highest BCUT2D eigenvalue weighted by molar-refractivity contribution is 7.95. The van der Waals surface area contributed by atoms with Gasteiger partial charge in [-0.15, -0.1) is 0 Å². The summed E-state index contributed by atoms with van der Waals surface area (Å²) >= 11 is 1.51. The molecule has 6 nitrogen and oxygen atoms in total. The lowest BCUT2D eigenvalue weighted by Crippen LogP contribution is -2.41. The molecule has 0 N–H and O–H groups in total. The number of hydrogen-bond donors (Lipinski definition) is 0. The number of hydrogen-bond acceptors (Lipinski definition) is 6. The van der Waals surface area contributed by atoms with Gasteiger partial charge in [0.05, 0.1) is 17.8 Å². The predicted molar refractivity (Wildman–Crippen MR) is 209 cm³/mol. The largest absolute Gasteiger partial charge is 0.371 e. The average molecular weight is 720 g/mol. The van der Waals surface area contributed by atoms with Gasteiger partial charge in [0, 0.05) is 72.1 Å². The van der Waals surface area contributed by atoms with Crippen molar-refractivity contribution in [1.29, 1.82) is 0 Å². The maximum atomic E-state index is 12.6. The summed E-state index contributed by atoms with van der Waals surface area (Å²) in [5.74, 6) is 0.969. The van der Waals surface area contributed by atoms with Crippen LogP contribution in [0.1, 0.15) is 144 Å². The van der Waals surface area contributed by atoms with Gasteiger partial charge in [-0.05, 0) is 70.8 Å². The quantitative estimate of drug-likeness (QED) is 0.0331. The van der Waals surface area contributed by atoms with Crippen LogP contribution in [-0.4, -0.2) is 72.6 Å². The van der Waals surface area contributed by atoms with Crippen molar-refractivity contribution in [1.82, 2.24) is 4.90 Å². The van der Waals surface area contributed by atoms with Crippen LogP contribution in [-0.2, 0) is 19.1 Å². The zero-order valence-electron chi connectivity index (χ0n) is 32.4. The summed E-state index contributed by atoms with van der Waals surface area (Å²) in [6.45, 7) is 16.4. The second-order valence-corrected chi connectivity index (χ2v) is 20.0. The highest BCUT2D eigenvalue weighted by Crippen LogP contribution is 2.54. The first kappa shape index (κ1) is 40.7. The van der Waals surface area contributed by atoms with E-state index in [0.717, 1.165) is 38.8 Å². The first-order valence-electron chi connectivity index (χ1n) is 19.9. The molecular weight excluding hydrogens is 649 g/mol. The Kier molecular flexibility index (Phi) is 15.4. The fourth-order valence-electron chi connectivity index (χ4n) is 9.90. The van der Waals surface area contributed by atoms with Gasteiger partial charge in [-0.25, -0.2) is 17.9 Å². The molecule has 2 aliphatic carbocycles. The van der Waals surface area contributed by atoms with Crippen LogP contribution in [0.5, 0.6) is 0 Å². The maximum absolute atomic E-state index is 12.6. The summed E-state index contributed by atoms with van der Waals surface area (Å²) in [5.41, 5.74) is 2.92. The second-order valence-electron chi connectivity index (χ2n) is 16.7. The predicted octanol–water partition coefficient (Wildman–Crippen LogP) is 10.1. The Bertz CT molecular complexity index is 1280. The van der Waals surface area contributed by atoms with E-state index >= 15 is 0 Å². The van der Waals surface area contributed by atoms with E-state index in [4.69, 9.17) is 9.22 Å². The van der Waals surface area contributed by atoms with E-state index in [-0.39, 0.29) is 16.1 Å². The normalized spacial score (nSPS) is 30.6. The van der Waals surface area contributed by atoms with Crippen molar-refractivity contribution in [3.8, 4) is 0 Å². The lowest BCUT2D eigenvalue weighted by molar-refractivity contribution is -0.566. The second kappa shape index (κ2) is 18.6. The Labute approximate surface area is 305 Å². The lowest BCUT2D eigenvalue weighted by atomic mass is 9.69. The average Bonchev–Trinajstić information content (AvgIpc) is 3.40. The number of sulfone groups is 1. The molecule has 2 aliphatic heterocycles. The molecule has 0 aromatic carbocycles. The van der Waals surface area contributed by atoms with Crippen LogP contribution < -0.4 is 0 Å². The SMILES string of the molecule is CCCCCCCN1C(=CC=CC=CC2=[N+](CCCCCCC)C3CCC(SOOC)CC3C2(C)C)C(C)(C)C2CC(S(C)(=O)=O)CCC21. The molecule has 4 rings (SSSR count). The molecule has 6 unspecified atom stereocenters. The van der Waals surface area contributed by atoms with Gasteiger partial charge in [-0.2, -0.15) is 4.33 Å². The number of nitrogens with zero attached hydrogens (tertiary/aromatic N) is 2. The molecule has 0 bridgehead atoms. The van der Waals surface area contributed by atoms with E-state index in [1.165, 1.54) is 107 Å². The highest BCUT2D eigenvalue weighted by Gasteiger charge is 2.56. The standard InChI is InChI=1S/C41H71N2O4S2/c1-9-11-13-15-20-28-42-36-26-24-32(48-47-46-7)30-34(36)40(3,4)38(42)22-18-17-19-23-39-41(5,6)35-31-33(49(8,44)45)25-27-37(35)43(39)29-21-16-14-12-10-2/h17-19,22-23,32-37H,9-16,20-21,24-31H2,1-8H3/q+1. The van der Waals surface area contributed by atoms with Crippen LogP contribution in [0.15, 0.2) is 36.1 Å². The summed E-state index contributed by atoms with van der Waals surface area (Å²) in [5, 5.41) is 0.270. The minimum atomic E-state index is -3.03. The van der Waals surface area contributed by atoms with Crippen LogP contribution >= 0.6 is 12.0 Å². The molecule has 0 spiro atoms. The van der Waals surface area contributed by atoms with Gasteiger partial charge in [-0.1, -0.05) is 90.9 Å². The van der Waals surface area contributed by atoms with Crippen molar-refractivity contribution >= 4 is 27.6 Å². The number of unbranched alkanes of at least 4 members (excludes halogenated alkanes) is 8. The number of rotatable bonds is 19. The van der Waals surface area contributed by atoms with Crippen molar-refractivity contribution in [3.63, 3.8) is 0 Å². The first-order valence-corrected chi connectivity index (χ1v) is 22.6. The summed E-state index contributed by atoms with van der Waals surface area (Å²) in [6, 6.07) is 1.03. The van der Waals surface area contributed by atoms with Crippen LogP contribution in [0.4, 0.5) is 0 Å². The van der Waals surface area contributed by atoms with Crippen LogP contribution in [0.25, 0.3) is 0 Å². The number of likely N-dealkylation sites (tertiary alicyclic amines) is 1. The monoisotopic (exact) mass is 719 g/mol. The molecule has 2 saturated carbocycles. The van der Waals surface area contributed by atoms with Crippen molar-refractivity contribution in [2.75, 3.05) is 26.5 Å². The lowest BCUT2D eigenvalue weighted by Gasteiger charge is -2.37. The third-order valence-electron chi connectivity index (χ3n) is 12.7. The zero-order valence-corrected chi connectivity index (χ0v) is 34.1. The van der Waals surface area contributed by atoms with E-state index < -0.39 is 9.84 Å². The van der Waals surface area contributed by atoms with E-state index in [9.17, 15) is 8.42 Å². The first-order chi connectivity index (χ1) is 23.4. The van der Waals surface area contributed by atoms with Crippen molar-refractivity contribution < 1.29 is 22.2 Å². The Morgan fingerprint density at radius 3 is 2.20 bits per heavy atom. The third kappa shape index (κ3) is 10.1. The van der Waals surface area contributed by atoms with Gasteiger partial charge in [0.25, 0.3) is 0 Å². The van der Waals surface area contributed by atoms with Gasteiger partial charge < -0.3 is 4.90 Å². The summed E-state index contributed by atoms with van der Waals surface area (Å²) < 4.78 is 33.3. The molecule has 49 heavy (non-hydrogen) atoms. The van der Waals surface area contributed by atoms with Gasteiger partial charge in [0.2, 0.25) is 0 Å². The number of fused-ring (bicyclic) bond motifs is 2. The smallest absolute Gasteiger partial charge is 0.182 e. The van der Waals surface area contributed by atoms with Crippen LogP contribution in [0.2, 0.25) is 0 Å². The van der Waals surface area contributed by atoms with Crippen molar-refractivity contribution in [2.24, 2.45) is 22.7 Å². The van der Waals surface area contributed by atoms with Gasteiger partial charge in [0.15, 0.2) is 11.8 Å². The number of allylic oxidation sites excluding steroid dienone is 6. The molecular formula is C41H71N2O4S2+. The topological polar surface area (TPSA) is 58.9 Å². The van der Waals surface area contributed by atoms with Crippen LogP contribution in [0.3, 0.4) is 0 Å². The molecule has 0 amide bonds. The van der Waals surface area contributed by atoms with Gasteiger partial charge in [-0.3, -0.25) is 0 Å². The van der Waals surface area contributed by atoms with Gasteiger partial charge >= 0.3 is 0 Å². The maximum Gasteiger partial charge on any atom is 0.182 e. The molecule has 3 fully saturated rings. The van der Waals surface area contributed by atoms with E-state index in [2.05, 4.69) is 81.4 Å².